The SMILES string of the molecule is Cc1cc(C(=O)O)ccc1CN1CCCC(C)C1. The Bertz CT molecular complexity index is 442. The van der Waals surface area contributed by atoms with E-state index in [1.54, 1.807) is 12.1 Å². The molecule has 18 heavy (non-hydrogen) atoms. The summed E-state index contributed by atoms with van der Waals surface area (Å²) in [5, 5.41) is 8.95. The van der Waals surface area contributed by atoms with E-state index in [9.17, 15) is 4.79 Å². The van der Waals surface area contributed by atoms with E-state index in [1.807, 2.05) is 13.0 Å². The van der Waals surface area contributed by atoms with Gasteiger partial charge in [-0.15, -0.1) is 0 Å². The lowest BCUT2D eigenvalue weighted by atomic mass is 9.98. The molecule has 1 unspecified atom stereocenters. The molecule has 2 rings (SSSR count). The average Bonchev–Trinajstić information content (AvgIpc) is 2.31. The number of carboxylic acids is 1. The summed E-state index contributed by atoms with van der Waals surface area (Å²) in [5.41, 5.74) is 2.70. The van der Waals surface area contributed by atoms with Crippen LogP contribution in [0, 0.1) is 12.8 Å². The number of nitrogens with zero attached hydrogens (tertiary/aromatic N) is 1. The Morgan fingerprint density at radius 3 is 2.89 bits per heavy atom. The highest BCUT2D eigenvalue weighted by atomic mass is 16.4. The molecule has 0 saturated carbocycles. The zero-order valence-electron chi connectivity index (χ0n) is 11.1. The van der Waals surface area contributed by atoms with Crippen LogP contribution in [0.5, 0.6) is 0 Å². The van der Waals surface area contributed by atoms with Crippen LogP contribution in [0.15, 0.2) is 18.2 Å². The van der Waals surface area contributed by atoms with Gasteiger partial charge in [0, 0.05) is 13.1 Å². The monoisotopic (exact) mass is 247 g/mol. The lowest BCUT2D eigenvalue weighted by molar-refractivity contribution is 0.0696. The van der Waals surface area contributed by atoms with Gasteiger partial charge in [0.15, 0.2) is 0 Å². The molecule has 1 aromatic carbocycles. The summed E-state index contributed by atoms with van der Waals surface area (Å²) in [6.45, 7) is 7.54. The maximum Gasteiger partial charge on any atom is 0.335 e. The molecule has 0 bridgehead atoms. The van der Waals surface area contributed by atoms with Gasteiger partial charge in [0.1, 0.15) is 0 Å². The Morgan fingerprint density at radius 1 is 1.50 bits per heavy atom. The minimum Gasteiger partial charge on any atom is -0.478 e. The van der Waals surface area contributed by atoms with E-state index in [-0.39, 0.29) is 0 Å². The molecule has 1 saturated heterocycles. The van der Waals surface area contributed by atoms with Crippen LogP contribution in [0.1, 0.15) is 41.3 Å². The van der Waals surface area contributed by atoms with Crippen molar-refractivity contribution >= 4 is 5.97 Å². The normalized spacial score (nSPS) is 20.9. The van der Waals surface area contributed by atoms with Crippen molar-refractivity contribution in [3.05, 3.63) is 34.9 Å². The third kappa shape index (κ3) is 3.10. The predicted octanol–water partition coefficient (Wildman–Crippen LogP) is 2.93. The van der Waals surface area contributed by atoms with E-state index >= 15 is 0 Å². The Balaban J connectivity index is 2.07. The number of aromatic carboxylic acids is 1. The number of piperidine rings is 1. The Kier molecular flexibility index (Phi) is 4.02. The van der Waals surface area contributed by atoms with Crippen LogP contribution in [0.3, 0.4) is 0 Å². The molecule has 3 nitrogen and oxygen atoms in total. The van der Waals surface area contributed by atoms with Crippen LogP contribution in [0.2, 0.25) is 0 Å². The van der Waals surface area contributed by atoms with E-state index in [0.717, 1.165) is 31.1 Å². The summed E-state index contributed by atoms with van der Waals surface area (Å²) in [4.78, 5) is 13.4. The highest BCUT2D eigenvalue weighted by molar-refractivity contribution is 5.87. The van der Waals surface area contributed by atoms with Crippen molar-refractivity contribution in [2.45, 2.75) is 33.2 Å². The standard InChI is InChI=1S/C15H21NO2/c1-11-4-3-7-16(9-11)10-14-6-5-13(15(17)18)8-12(14)2/h5-6,8,11H,3-4,7,9-10H2,1-2H3,(H,17,18). The van der Waals surface area contributed by atoms with E-state index in [0.29, 0.717) is 5.56 Å². The fourth-order valence-corrected chi connectivity index (χ4v) is 2.68. The molecule has 0 aliphatic carbocycles. The van der Waals surface area contributed by atoms with Gasteiger partial charge in [0.2, 0.25) is 0 Å². The summed E-state index contributed by atoms with van der Waals surface area (Å²) >= 11 is 0. The first-order chi connectivity index (χ1) is 8.56. The molecular formula is C15H21NO2. The van der Waals surface area contributed by atoms with Gasteiger partial charge in [-0.3, -0.25) is 4.90 Å². The largest absolute Gasteiger partial charge is 0.478 e. The molecule has 1 fully saturated rings. The predicted molar refractivity (Wildman–Crippen MR) is 71.8 cm³/mol. The van der Waals surface area contributed by atoms with Crippen LogP contribution >= 0.6 is 0 Å². The van der Waals surface area contributed by atoms with Gasteiger partial charge in [-0.2, -0.15) is 0 Å². The first-order valence-corrected chi connectivity index (χ1v) is 6.61. The van der Waals surface area contributed by atoms with Crippen LogP contribution in [-0.4, -0.2) is 29.1 Å². The van der Waals surface area contributed by atoms with Gasteiger partial charge in [-0.1, -0.05) is 13.0 Å². The summed E-state index contributed by atoms with van der Waals surface area (Å²) in [7, 11) is 0. The topological polar surface area (TPSA) is 40.5 Å². The number of rotatable bonds is 3. The molecule has 0 aromatic heterocycles. The quantitative estimate of drug-likeness (QED) is 0.892. The Labute approximate surface area is 108 Å². The minimum absolute atomic E-state index is 0.378. The van der Waals surface area contributed by atoms with Crippen molar-refractivity contribution in [1.82, 2.24) is 4.90 Å². The minimum atomic E-state index is -0.851. The van der Waals surface area contributed by atoms with Gasteiger partial charge >= 0.3 is 5.97 Å². The molecule has 0 spiro atoms. The molecular weight excluding hydrogens is 226 g/mol. The van der Waals surface area contributed by atoms with Gasteiger partial charge < -0.3 is 5.11 Å². The summed E-state index contributed by atoms with van der Waals surface area (Å²) in [6, 6.07) is 5.43. The maximum atomic E-state index is 10.9. The number of benzene rings is 1. The van der Waals surface area contributed by atoms with Crippen LogP contribution in [0.25, 0.3) is 0 Å². The van der Waals surface area contributed by atoms with E-state index in [4.69, 9.17) is 5.11 Å². The molecule has 1 aliphatic heterocycles. The van der Waals surface area contributed by atoms with E-state index < -0.39 is 5.97 Å². The zero-order valence-corrected chi connectivity index (χ0v) is 11.1. The lowest BCUT2D eigenvalue weighted by Gasteiger charge is -2.31. The smallest absolute Gasteiger partial charge is 0.335 e. The molecule has 1 N–H and O–H groups in total. The van der Waals surface area contributed by atoms with Gasteiger partial charge in [-0.25, -0.2) is 4.79 Å². The van der Waals surface area contributed by atoms with Crippen LogP contribution in [0.4, 0.5) is 0 Å². The van der Waals surface area contributed by atoms with Crippen molar-refractivity contribution < 1.29 is 9.90 Å². The summed E-state index contributed by atoms with van der Waals surface area (Å²) < 4.78 is 0. The fraction of sp³-hybridized carbons (Fsp3) is 0.533. The number of aryl methyl sites for hydroxylation is 1. The van der Waals surface area contributed by atoms with E-state index in [2.05, 4.69) is 11.8 Å². The fourth-order valence-electron chi connectivity index (χ4n) is 2.68. The average molecular weight is 247 g/mol. The van der Waals surface area contributed by atoms with E-state index in [1.165, 1.54) is 18.4 Å². The maximum absolute atomic E-state index is 10.9. The van der Waals surface area contributed by atoms with Crippen molar-refractivity contribution in [3.8, 4) is 0 Å². The molecule has 98 valence electrons. The molecule has 0 amide bonds. The third-order valence-corrected chi connectivity index (χ3v) is 3.72. The highest BCUT2D eigenvalue weighted by Gasteiger charge is 2.17. The molecule has 0 radical (unpaired) electrons. The van der Waals surface area contributed by atoms with Gasteiger partial charge in [0.25, 0.3) is 0 Å². The Morgan fingerprint density at radius 2 is 2.28 bits per heavy atom. The third-order valence-electron chi connectivity index (χ3n) is 3.72. The summed E-state index contributed by atoms with van der Waals surface area (Å²) in [5.74, 6) is -0.0754. The van der Waals surface area contributed by atoms with Crippen LogP contribution < -0.4 is 0 Å². The van der Waals surface area contributed by atoms with Crippen molar-refractivity contribution in [1.29, 1.82) is 0 Å². The zero-order chi connectivity index (χ0) is 13.1. The highest BCUT2D eigenvalue weighted by Crippen LogP contribution is 2.20. The molecule has 3 heteroatoms. The second-order valence-corrected chi connectivity index (χ2v) is 5.43. The first kappa shape index (κ1) is 13.1. The number of hydrogen-bond acceptors (Lipinski definition) is 2. The number of carboxylic acid groups (broad SMARTS) is 1. The van der Waals surface area contributed by atoms with Crippen molar-refractivity contribution in [3.63, 3.8) is 0 Å². The molecule has 1 aromatic rings. The Hall–Kier alpha value is -1.35. The van der Waals surface area contributed by atoms with Crippen molar-refractivity contribution in [2.24, 2.45) is 5.92 Å². The summed E-state index contributed by atoms with van der Waals surface area (Å²) in [6.07, 6.45) is 2.60. The number of carbonyl (C=O) groups is 1. The number of likely N-dealkylation sites (tertiary alicyclic amines) is 1. The van der Waals surface area contributed by atoms with Gasteiger partial charge in [-0.05, 0) is 55.5 Å². The van der Waals surface area contributed by atoms with Crippen molar-refractivity contribution in [2.75, 3.05) is 13.1 Å². The molecule has 1 aliphatic rings. The van der Waals surface area contributed by atoms with Gasteiger partial charge in [0.05, 0.1) is 5.56 Å². The van der Waals surface area contributed by atoms with Crippen LogP contribution in [-0.2, 0) is 6.54 Å². The first-order valence-electron chi connectivity index (χ1n) is 6.61. The lowest BCUT2D eigenvalue weighted by Crippen LogP contribution is -2.33. The number of hydrogen-bond donors (Lipinski definition) is 1. The molecule has 1 heterocycles. The molecule has 1 atom stereocenters. The second-order valence-electron chi connectivity index (χ2n) is 5.43. The second kappa shape index (κ2) is 5.53.